The number of hydrogen-bond donors (Lipinski definition) is 2. The zero-order valence-corrected chi connectivity index (χ0v) is 19.0. The number of thiazole rings is 1. The number of sulfonamides is 1. The molecule has 1 aliphatic heterocycles. The molecule has 3 N–H and O–H groups in total. The third-order valence-corrected chi connectivity index (χ3v) is 6.83. The molecule has 2 aromatic rings. The molecule has 2 heterocycles. The van der Waals surface area contributed by atoms with Crippen LogP contribution in [0.3, 0.4) is 0 Å². The number of amides is 2. The number of nitrogens with zero attached hydrogens (tertiary/aromatic N) is 2. The maximum Gasteiger partial charge on any atom is 0.263 e. The van der Waals surface area contributed by atoms with E-state index in [9.17, 15) is 18.0 Å². The zero-order valence-electron chi connectivity index (χ0n) is 17.4. The quantitative estimate of drug-likeness (QED) is 0.609. The van der Waals surface area contributed by atoms with Crippen molar-refractivity contribution in [3.05, 3.63) is 40.3 Å². The zero-order chi connectivity index (χ0) is 22.6. The second-order valence-electron chi connectivity index (χ2n) is 7.62. The maximum atomic E-state index is 12.6. The van der Waals surface area contributed by atoms with Crippen LogP contribution in [-0.2, 0) is 14.8 Å². The van der Waals surface area contributed by atoms with Gasteiger partial charge in [0.25, 0.3) is 11.8 Å². The van der Waals surface area contributed by atoms with Gasteiger partial charge in [-0.1, -0.05) is 13.8 Å². The summed E-state index contributed by atoms with van der Waals surface area (Å²) in [5, 5.41) is 8.00. The van der Waals surface area contributed by atoms with Crippen molar-refractivity contribution in [2.75, 3.05) is 19.7 Å². The molecule has 1 fully saturated rings. The predicted molar refractivity (Wildman–Crippen MR) is 117 cm³/mol. The normalized spacial score (nSPS) is 16.5. The van der Waals surface area contributed by atoms with E-state index >= 15 is 0 Å². The lowest BCUT2D eigenvalue weighted by molar-refractivity contribution is -0.134. The van der Waals surface area contributed by atoms with Crippen molar-refractivity contribution in [1.29, 1.82) is 0 Å². The summed E-state index contributed by atoms with van der Waals surface area (Å²) in [6.07, 6.45) is 1.65. The van der Waals surface area contributed by atoms with Crippen LogP contribution in [0.25, 0.3) is 0 Å². The van der Waals surface area contributed by atoms with Crippen molar-refractivity contribution < 1.29 is 22.7 Å². The molecule has 0 spiro atoms. The molecule has 1 aromatic heterocycles. The van der Waals surface area contributed by atoms with Crippen LogP contribution in [0.2, 0.25) is 0 Å². The number of benzene rings is 1. The fourth-order valence-corrected chi connectivity index (χ4v) is 4.83. The molecule has 1 saturated heterocycles. The molecule has 11 heteroatoms. The topological polar surface area (TPSA) is 132 Å². The first-order valence-corrected chi connectivity index (χ1v) is 12.4. The van der Waals surface area contributed by atoms with Crippen LogP contribution in [0.1, 0.15) is 48.0 Å². The highest BCUT2D eigenvalue weighted by Crippen LogP contribution is 2.22. The molecule has 0 saturated carbocycles. The van der Waals surface area contributed by atoms with Crippen LogP contribution in [0.4, 0.5) is 0 Å². The fourth-order valence-electron chi connectivity index (χ4n) is 3.46. The van der Waals surface area contributed by atoms with Crippen LogP contribution in [0.5, 0.6) is 5.75 Å². The van der Waals surface area contributed by atoms with Gasteiger partial charge < -0.3 is 15.0 Å². The lowest BCUT2D eigenvalue weighted by Crippen LogP contribution is -2.44. The van der Waals surface area contributed by atoms with Gasteiger partial charge in [0.2, 0.25) is 10.0 Å². The van der Waals surface area contributed by atoms with E-state index in [4.69, 9.17) is 9.88 Å². The van der Waals surface area contributed by atoms with E-state index < -0.39 is 10.0 Å². The Labute approximate surface area is 185 Å². The minimum atomic E-state index is -3.78. The average Bonchev–Trinajstić information content (AvgIpc) is 3.39. The summed E-state index contributed by atoms with van der Waals surface area (Å²) >= 11 is 1.31. The van der Waals surface area contributed by atoms with E-state index in [1.165, 1.54) is 35.6 Å². The third kappa shape index (κ3) is 5.81. The molecular formula is C20H26N4O5S2. The highest BCUT2D eigenvalue weighted by Gasteiger charge is 2.29. The summed E-state index contributed by atoms with van der Waals surface area (Å²) in [4.78, 5) is 31.8. The molecule has 1 atom stereocenters. The highest BCUT2D eigenvalue weighted by molar-refractivity contribution is 7.89. The molecule has 0 bridgehead atoms. The standard InChI is InChI=1S/C20H26N4O5S2/c1-13(2)18-19(30-12-23-18)20(26)22-10-14-4-3-9-24(14)17(25)11-29-15-5-7-16(8-6-15)31(21,27)28/h5-8,12-14H,3-4,9-11H2,1-2H3,(H,22,26)(H2,21,27,28)/t14-/m1/s1. The first-order chi connectivity index (χ1) is 14.7. The summed E-state index contributed by atoms with van der Waals surface area (Å²) in [6, 6.07) is 5.47. The lowest BCUT2D eigenvalue weighted by Gasteiger charge is -2.25. The molecule has 0 radical (unpaired) electrons. The van der Waals surface area contributed by atoms with Crippen LogP contribution in [0, 0.1) is 0 Å². The van der Waals surface area contributed by atoms with Gasteiger partial charge in [0, 0.05) is 19.1 Å². The Bertz CT molecular complexity index is 1030. The molecule has 31 heavy (non-hydrogen) atoms. The van der Waals surface area contributed by atoms with E-state index in [1.807, 2.05) is 13.8 Å². The number of nitrogens with two attached hydrogens (primary N) is 1. The molecule has 2 amide bonds. The average molecular weight is 467 g/mol. The van der Waals surface area contributed by atoms with Gasteiger partial charge in [-0.25, -0.2) is 18.5 Å². The van der Waals surface area contributed by atoms with Gasteiger partial charge >= 0.3 is 0 Å². The van der Waals surface area contributed by atoms with Gasteiger partial charge in [0.05, 0.1) is 16.1 Å². The summed E-state index contributed by atoms with van der Waals surface area (Å²) in [5.74, 6) is 0.175. The number of rotatable bonds is 8. The number of nitrogens with one attached hydrogen (secondary N) is 1. The number of likely N-dealkylation sites (tertiary alicyclic amines) is 1. The van der Waals surface area contributed by atoms with E-state index in [-0.39, 0.29) is 35.3 Å². The minimum Gasteiger partial charge on any atom is -0.484 e. The lowest BCUT2D eigenvalue weighted by atomic mass is 10.1. The first-order valence-electron chi connectivity index (χ1n) is 9.93. The Morgan fingerprint density at radius 2 is 2.03 bits per heavy atom. The Kier molecular flexibility index (Phi) is 7.29. The summed E-state index contributed by atoms with van der Waals surface area (Å²) in [7, 11) is -3.78. The molecule has 0 unspecified atom stereocenters. The minimum absolute atomic E-state index is 0.0249. The van der Waals surface area contributed by atoms with Gasteiger partial charge in [-0.05, 0) is 43.0 Å². The molecule has 1 aromatic carbocycles. The Balaban J connectivity index is 1.53. The summed E-state index contributed by atoms with van der Waals surface area (Å²) in [5.41, 5.74) is 2.45. The smallest absolute Gasteiger partial charge is 0.263 e. The van der Waals surface area contributed by atoms with E-state index in [2.05, 4.69) is 10.3 Å². The van der Waals surface area contributed by atoms with E-state index in [0.717, 1.165) is 18.5 Å². The summed E-state index contributed by atoms with van der Waals surface area (Å²) in [6.45, 7) is 4.77. The first kappa shape index (κ1) is 23.2. The van der Waals surface area contributed by atoms with Crippen LogP contribution in [0.15, 0.2) is 34.7 Å². The number of primary sulfonamides is 1. The van der Waals surface area contributed by atoms with Gasteiger partial charge in [-0.2, -0.15) is 0 Å². The van der Waals surface area contributed by atoms with Crippen molar-refractivity contribution >= 4 is 33.2 Å². The van der Waals surface area contributed by atoms with Gasteiger partial charge in [0.15, 0.2) is 6.61 Å². The van der Waals surface area contributed by atoms with Crippen molar-refractivity contribution in [3.63, 3.8) is 0 Å². The van der Waals surface area contributed by atoms with Crippen molar-refractivity contribution in [2.24, 2.45) is 5.14 Å². The Hall–Kier alpha value is -2.50. The maximum absolute atomic E-state index is 12.6. The molecular weight excluding hydrogens is 440 g/mol. The summed E-state index contributed by atoms with van der Waals surface area (Å²) < 4.78 is 28.1. The van der Waals surface area contributed by atoms with Gasteiger partial charge in [0.1, 0.15) is 10.6 Å². The third-order valence-electron chi connectivity index (χ3n) is 5.06. The SMILES string of the molecule is CC(C)c1ncsc1C(=O)NC[C@H]1CCCN1C(=O)COc1ccc(S(N)(=O)=O)cc1. The van der Waals surface area contributed by atoms with Crippen LogP contribution in [-0.4, -0.2) is 55.9 Å². The Morgan fingerprint density at radius 3 is 2.68 bits per heavy atom. The second kappa shape index (κ2) is 9.75. The number of carbonyl (C=O) groups excluding carboxylic acids is 2. The van der Waals surface area contributed by atoms with Crippen LogP contribution < -0.4 is 15.2 Å². The van der Waals surface area contributed by atoms with E-state index in [1.54, 1.807) is 10.4 Å². The Morgan fingerprint density at radius 1 is 1.32 bits per heavy atom. The molecule has 9 nitrogen and oxygen atoms in total. The van der Waals surface area contributed by atoms with Crippen molar-refractivity contribution in [3.8, 4) is 5.75 Å². The number of hydrogen-bond acceptors (Lipinski definition) is 7. The second-order valence-corrected chi connectivity index (χ2v) is 10.0. The predicted octanol–water partition coefficient (Wildman–Crippen LogP) is 1.71. The largest absolute Gasteiger partial charge is 0.484 e. The van der Waals surface area contributed by atoms with E-state index in [0.29, 0.717) is 23.7 Å². The molecule has 0 aliphatic carbocycles. The van der Waals surface area contributed by atoms with Gasteiger partial charge in [-0.3, -0.25) is 9.59 Å². The van der Waals surface area contributed by atoms with Gasteiger partial charge in [-0.15, -0.1) is 11.3 Å². The van der Waals surface area contributed by atoms with Crippen molar-refractivity contribution in [2.45, 2.75) is 43.5 Å². The molecule has 3 rings (SSSR count). The van der Waals surface area contributed by atoms with Crippen molar-refractivity contribution in [1.82, 2.24) is 15.2 Å². The number of ether oxygens (including phenoxy) is 1. The van der Waals surface area contributed by atoms with Crippen LogP contribution >= 0.6 is 11.3 Å². The number of carbonyl (C=O) groups is 2. The fraction of sp³-hybridized carbons (Fsp3) is 0.450. The highest BCUT2D eigenvalue weighted by atomic mass is 32.2. The molecule has 168 valence electrons. The molecule has 1 aliphatic rings. The monoisotopic (exact) mass is 466 g/mol. The number of aromatic nitrogens is 1.